The fourth-order valence-corrected chi connectivity index (χ4v) is 2.29. The van der Waals surface area contributed by atoms with Crippen molar-refractivity contribution in [1.29, 1.82) is 0 Å². The number of hydrogen-bond donors (Lipinski definition) is 1. The standard InChI is InChI=1S/C16H16BrF2NO/c1-2-20-9-12-7-13(17)4-6-16(12)21-10-11-3-5-14(18)8-15(11)19/h3-8,20H,2,9-10H2,1H3. The first-order valence-corrected chi connectivity index (χ1v) is 7.45. The lowest BCUT2D eigenvalue weighted by Gasteiger charge is -2.13. The molecule has 2 rings (SSSR count). The predicted octanol–water partition coefficient (Wildman–Crippen LogP) is 4.42. The molecule has 0 aromatic heterocycles. The molecule has 0 heterocycles. The first kappa shape index (κ1) is 15.9. The lowest BCUT2D eigenvalue weighted by molar-refractivity contribution is 0.295. The Kier molecular flexibility index (Phi) is 5.70. The van der Waals surface area contributed by atoms with E-state index in [1.165, 1.54) is 12.1 Å². The third-order valence-electron chi connectivity index (χ3n) is 2.99. The van der Waals surface area contributed by atoms with Crippen LogP contribution in [0.25, 0.3) is 0 Å². The average molecular weight is 356 g/mol. The Hall–Kier alpha value is -1.46. The van der Waals surface area contributed by atoms with E-state index < -0.39 is 11.6 Å². The van der Waals surface area contributed by atoms with Crippen LogP contribution in [0.3, 0.4) is 0 Å². The molecule has 1 N–H and O–H groups in total. The van der Waals surface area contributed by atoms with Gasteiger partial charge in [0.25, 0.3) is 0 Å². The molecule has 2 aromatic rings. The van der Waals surface area contributed by atoms with Crippen LogP contribution in [0, 0.1) is 11.6 Å². The molecular formula is C16H16BrF2NO. The molecule has 5 heteroatoms. The SMILES string of the molecule is CCNCc1cc(Br)ccc1OCc1ccc(F)cc1F. The van der Waals surface area contributed by atoms with E-state index in [0.29, 0.717) is 17.9 Å². The number of benzene rings is 2. The van der Waals surface area contributed by atoms with E-state index in [2.05, 4.69) is 21.2 Å². The van der Waals surface area contributed by atoms with Gasteiger partial charge in [0.05, 0.1) is 0 Å². The fourth-order valence-electron chi connectivity index (χ4n) is 1.88. The van der Waals surface area contributed by atoms with Crippen molar-refractivity contribution < 1.29 is 13.5 Å². The zero-order chi connectivity index (χ0) is 15.2. The molecule has 0 saturated carbocycles. The molecule has 2 aromatic carbocycles. The molecule has 0 aliphatic rings. The van der Waals surface area contributed by atoms with E-state index in [4.69, 9.17) is 4.74 Å². The van der Waals surface area contributed by atoms with Gasteiger partial charge in [-0.1, -0.05) is 22.9 Å². The number of nitrogens with one attached hydrogen (secondary N) is 1. The molecule has 112 valence electrons. The second-order valence-electron chi connectivity index (χ2n) is 4.56. The Balaban J connectivity index is 2.11. The van der Waals surface area contributed by atoms with Crippen molar-refractivity contribution in [2.75, 3.05) is 6.54 Å². The number of hydrogen-bond acceptors (Lipinski definition) is 2. The minimum Gasteiger partial charge on any atom is -0.488 e. The van der Waals surface area contributed by atoms with Crippen LogP contribution in [-0.2, 0) is 13.2 Å². The van der Waals surface area contributed by atoms with Crippen LogP contribution in [0.15, 0.2) is 40.9 Å². The van der Waals surface area contributed by atoms with Gasteiger partial charge in [-0.2, -0.15) is 0 Å². The van der Waals surface area contributed by atoms with Crippen LogP contribution in [0.4, 0.5) is 8.78 Å². The Morgan fingerprint density at radius 1 is 1.10 bits per heavy atom. The molecule has 0 spiro atoms. The summed E-state index contributed by atoms with van der Waals surface area (Å²) in [6.07, 6.45) is 0. The van der Waals surface area contributed by atoms with Gasteiger partial charge in [-0.3, -0.25) is 0 Å². The summed E-state index contributed by atoms with van der Waals surface area (Å²) >= 11 is 3.42. The minimum absolute atomic E-state index is 0.0624. The second-order valence-corrected chi connectivity index (χ2v) is 5.47. The van der Waals surface area contributed by atoms with Gasteiger partial charge in [0.1, 0.15) is 24.0 Å². The predicted molar refractivity (Wildman–Crippen MR) is 82.2 cm³/mol. The number of ether oxygens (including phenoxy) is 1. The topological polar surface area (TPSA) is 21.3 Å². The van der Waals surface area contributed by atoms with Gasteiger partial charge in [0.15, 0.2) is 0 Å². The lowest BCUT2D eigenvalue weighted by Crippen LogP contribution is -2.13. The van der Waals surface area contributed by atoms with Crippen molar-refractivity contribution in [3.05, 3.63) is 63.6 Å². The first-order valence-electron chi connectivity index (χ1n) is 6.66. The Bertz CT molecular complexity index is 619. The second kappa shape index (κ2) is 7.52. The summed E-state index contributed by atoms with van der Waals surface area (Å²) in [7, 11) is 0. The summed E-state index contributed by atoms with van der Waals surface area (Å²) in [6, 6.07) is 9.14. The monoisotopic (exact) mass is 355 g/mol. The molecule has 21 heavy (non-hydrogen) atoms. The van der Waals surface area contributed by atoms with Crippen LogP contribution in [-0.4, -0.2) is 6.54 Å². The molecule has 0 radical (unpaired) electrons. The number of rotatable bonds is 6. The maximum absolute atomic E-state index is 13.6. The van der Waals surface area contributed by atoms with Gasteiger partial charge in [0.2, 0.25) is 0 Å². The van der Waals surface area contributed by atoms with Gasteiger partial charge in [-0.15, -0.1) is 0 Å². The Labute approximate surface area is 131 Å². The number of halogens is 3. The molecule has 0 atom stereocenters. The molecule has 0 aliphatic heterocycles. The maximum atomic E-state index is 13.6. The molecule has 0 unspecified atom stereocenters. The van der Waals surface area contributed by atoms with E-state index in [1.54, 1.807) is 0 Å². The third kappa shape index (κ3) is 4.51. The van der Waals surface area contributed by atoms with Gasteiger partial charge in [-0.05, 0) is 36.9 Å². The normalized spacial score (nSPS) is 10.7. The zero-order valence-electron chi connectivity index (χ0n) is 11.6. The summed E-state index contributed by atoms with van der Waals surface area (Å²) in [4.78, 5) is 0. The third-order valence-corrected chi connectivity index (χ3v) is 3.48. The molecule has 0 bridgehead atoms. The largest absolute Gasteiger partial charge is 0.488 e. The highest BCUT2D eigenvalue weighted by molar-refractivity contribution is 9.10. The van der Waals surface area contributed by atoms with Crippen LogP contribution >= 0.6 is 15.9 Å². The van der Waals surface area contributed by atoms with Crippen LogP contribution in [0.2, 0.25) is 0 Å². The smallest absolute Gasteiger partial charge is 0.132 e. The Morgan fingerprint density at radius 3 is 2.62 bits per heavy atom. The van der Waals surface area contributed by atoms with Gasteiger partial charge >= 0.3 is 0 Å². The minimum atomic E-state index is -0.597. The van der Waals surface area contributed by atoms with E-state index in [-0.39, 0.29) is 6.61 Å². The summed E-state index contributed by atoms with van der Waals surface area (Å²) in [5.74, 6) is -0.504. The summed E-state index contributed by atoms with van der Waals surface area (Å²) < 4.78 is 33.1. The quantitative estimate of drug-likeness (QED) is 0.828. The highest BCUT2D eigenvalue weighted by atomic mass is 79.9. The highest BCUT2D eigenvalue weighted by Crippen LogP contribution is 2.24. The van der Waals surface area contributed by atoms with Gasteiger partial charge in [-0.25, -0.2) is 8.78 Å². The van der Waals surface area contributed by atoms with Crippen LogP contribution in [0.5, 0.6) is 5.75 Å². The van der Waals surface area contributed by atoms with Gasteiger partial charge < -0.3 is 10.1 Å². The zero-order valence-corrected chi connectivity index (χ0v) is 13.2. The van der Waals surface area contributed by atoms with E-state index in [9.17, 15) is 8.78 Å². The van der Waals surface area contributed by atoms with Crippen molar-refractivity contribution in [2.45, 2.75) is 20.1 Å². The average Bonchev–Trinajstić information content (AvgIpc) is 2.45. The van der Waals surface area contributed by atoms with Crippen molar-refractivity contribution >= 4 is 15.9 Å². The van der Waals surface area contributed by atoms with E-state index >= 15 is 0 Å². The van der Waals surface area contributed by atoms with Crippen LogP contribution < -0.4 is 10.1 Å². The lowest BCUT2D eigenvalue weighted by atomic mass is 10.2. The van der Waals surface area contributed by atoms with E-state index in [0.717, 1.165) is 22.6 Å². The Morgan fingerprint density at radius 2 is 1.90 bits per heavy atom. The van der Waals surface area contributed by atoms with Gasteiger partial charge in [0, 0.05) is 28.2 Å². The molecular weight excluding hydrogens is 340 g/mol. The maximum Gasteiger partial charge on any atom is 0.132 e. The van der Waals surface area contributed by atoms with Crippen LogP contribution in [0.1, 0.15) is 18.1 Å². The molecule has 0 amide bonds. The van der Waals surface area contributed by atoms with E-state index in [1.807, 2.05) is 25.1 Å². The summed E-state index contributed by atoms with van der Waals surface area (Å²) in [5.41, 5.74) is 1.31. The highest BCUT2D eigenvalue weighted by Gasteiger charge is 2.08. The molecule has 2 nitrogen and oxygen atoms in total. The van der Waals surface area contributed by atoms with Crippen molar-refractivity contribution in [1.82, 2.24) is 5.32 Å². The summed E-state index contributed by atoms with van der Waals surface area (Å²) in [6.45, 7) is 3.59. The summed E-state index contributed by atoms with van der Waals surface area (Å²) in [5, 5.41) is 3.22. The van der Waals surface area contributed by atoms with Crippen molar-refractivity contribution in [3.8, 4) is 5.75 Å². The molecule has 0 aliphatic carbocycles. The fraction of sp³-hybridized carbons (Fsp3) is 0.250. The molecule has 0 fully saturated rings. The molecule has 0 saturated heterocycles. The van der Waals surface area contributed by atoms with Crippen molar-refractivity contribution in [3.63, 3.8) is 0 Å². The first-order chi connectivity index (χ1) is 10.1. The van der Waals surface area contributed by atoms with Crippen molar-refractivity contribution in [2.24, 2.45) is 0 Å².